The Labute approximate surface area is 219 Å². The zero-order valence-corrected chi connectivity index (χ0v) is 21.3. The molecule has 1 aromatic carbocycles. The van der Waals surface area contributed by atoms with E-state index in [0.717, 1.165) is 72.4 Å². The molecule has 0 bridgehead atoms. The van der Waals surface area contributed by atoms with Crippen LogP contribution < -0.4 is 26.4 Å². The van der Waals surface area contributed by atoms with E-state index in [1.54, 1.807) is 0 Å². The number of aromatic nitrogens is 3. The van der Waals surface area contributed by atoms with Gasteiger partial charge in [0.25, 0.3) is 5.91 Å². The number of nitrogens with two attached hydrogens (primary N) is 1. The van der Waals surface area contributed by atoms with E-state index >= 15 is 0 Å². The molecule has 196 valence electrons. The van der Waals surface area contributed by atoms with E-state index < -0.39 is 5.41 Å². The van der Waals surface area contributed by atoms with Crippen LogP contribution in [0.2, 0.25) is 0 Å². The molecule has 4 aliphatic heterocycles. The number of rotatable bonds is 6. The van der Waals surface area contributed by atoms with Crippen molar-refractivity contribution in [1.82, 2.24) is 30.3 Å². The van der Waals surface area contributed by atoms with Gasteiger partial charge in [0.2, 0.25) is 5.88 Å². The average Bonchev–Trinajstić information content (AvgIpc) is 3.76. The number of hydrogen-bond donors (Lipinski definition) is 4. The number of ether oxygens (including phenoxy) is 1. The van der Waals surface area contributed by atoms with Gasteiger partial charge in [0, 0.05) is 49.6 Å². The van der Waals surface area contributed by atoms with E-state index in [4.69, 9.17) is 26.0 Å². The van der Waals surface area contributed by atoms with Crippen LogP contribution in [0.5, 0.6) is 5.88 Å². The normalized spacial score (nSPS) is 30.2. The van der Waals surface area contributed by atoms with Crippen molar-refractivity contribution in [1.29, 1.82) is 5.41 Å². The lowest BCUT2D eigenvalue weighted by Gasteiger charge is -2.23. The van der Waals surface area contributed by atoms with Gasteiger partial charge >= 0.3 is 0 Å². The first-order valence-corrected chi connectivity index (χ1v) is 13.5. The standard InChI is InChI=1S/C27H31N9O2/c1-14(16-9-23(28)30-11-16)38-25-24-20(31-13-35(24)17-3-4-17)10-19(32-25)15-2-5-18-21(8-15)36(33-29)26(37)27(18)6-7-34-12-22(27)34/h2,5,8,10,13-14,16-17,22,33H,3-4,6-7,9,11-12,29H2,1H3,(H2,28,30)/t14-,16-,22?,27?,34?/m1/s1. The average molecular weight is 514 g/mol. The SMILES string of the molecule is C[C@@H](Oc1nc(-c2ccc3c(c2)N(NN)C(=O)C32CCN3CC32)cc2ncn(C3CC3)c12)[C@H]1CNC(=N)C1. The molecule has 0 radical (unpaired) electrons. The number of nitrogens with one attached hydrogen (secondary N) is 3. The van der Waals surface area contributed by atoms with E-state index in [0.29, 0.717) is 24.2 Å². The Bertz CT molecular complexity index is 1510. The fraction of sp³-hybridized carbons (Fsp3) is 0.481. The van der Waals surface area contributed by atoms with Crippen molar-refractivity contribution in [3.63, 3.8) is 0 Å². The van der Waals surface area contributed by atoms with Gasteiger partial charge in [-0.25, -0.2) is 15.0 Å². The molecule has 5 N–H and O–H groups in total. The molecule has 11 nitrogen and oxygen atoms in total. The van der Waals surface area contributed by atoms with Gasteiger partial charge in [-0.05, 0) is 43.9 Å². The monoisotopic (exact) mass is 513 g/mol. The molecule has 2 aromatic heterocycles. The number of nitrogens with zero attached hydrogens (tertiary/aromatic N) is 5. The molecule has 1 spiro atoms. The number of anilines is 1. The summed E-state index contributed by atoms with van der Waals surface area (Å²) in [6.07, 6.45) is 5.53. The fourth-order valence-corrected chi connectivity index (χ4v) is 6.90. The molecule has 11 heteroatoms. The van der Waals surface area contributed by atoms with E-state index in [-0.39, 0.29) is 24.0 Å². The predicted octanol–water partition coefficient (Wildman–Crippen LogP) is 1.84. The molecule has 3 aromatic rings. The number of fused-ring (bicyclic) bond motifs is 5. The van der Waals surface area contributed by atoms with E-state index in [9.17, 15) is 4.79 Å². The lowest BCUT2D eigenvalue weighted by Crippen LogP contribution is -2.51. The second-order valence-electron chi connectivity index (χ2n) is 11.4. The van der Waals surface area contributed by atoms with Gasteiger partial charge in [-0.1, -0.05) is 12.1 Å². The van der Waals surface area contributed by atoms with Crippen molar-refractivity contribution in [2.24, 2.45) is 11.8 Å². The van der Waals surface area contributed by atoms with Crippen LogP contribution in [0.3, 0.4) is 0 Å². The Morgan fingerprint density at radius 1 is 1.32 bits per heavy atom. The van der Waals surface area contributed by atoms with Crippen LogP contribution in [0.25, 0.3) is 22.3 Å². The van der Waals surface area contributed by atoms with Gasteiger partial charge in [0.05, 0.1) is 34.5 Å². The first-order valence-electron chi connectivity index (χ1n) is 13.5. The smallest absolute Gasteiger partial charge is 0.254 e. The summed E-state index contributed by atoms with van der Waals surface area (Å²) >= 11 is 0. The van der Waals surface area contributed by atoms with E-state index in [1.165, 1.54) is 5.01 Å². The number of hydrogen-bond acceptors (Lipinski definition) is 8. The quantitative estimate of drug-likeness (QED) is 0.223. The van der Waals surface area contributed by atoms with Crippen LogP contribution >= 0.6 is 0 Å². The number of benzene rings is 1. The predicted molar refractivity (Wildman–Crippen MR) is 142 cm³/mol. The third kappa shape index (κ3) is 3.06. The Morgan fingerprint density at radius 3 is 2.87 bits per heavy atom. The molecule has 5 atom stereocenters. The van der Waals surface area contributed by atoms with Gasteiger partial charge in [0.1, 0.15) is 11.6 Å². The summed E-state index contributed by atoms with van der Waals surface area (Å²) in [5, 5.41) is 12.6. The molecule has 4 fully saturated rings. The summed E-state index contributed by atoms with van der Waals surface area (Å²) in [5.74, 6) is 7.23. The Hall–Kier alpha value is -3.54. The Kier molecular flexibility index (Phi) is 4.58. The number of pyridine rings is 1. The highest BCUT2D eigenvalue weighted by Gasteiger charge is 2.66. The lowest BCUT2D eigenvalue weighted by molar-refractivity contribution is -0.123. The molecule has 1 saturated carbocycles. The number of piperidine rings is 1. The Morgan fingerprint density at radius 2 is 2.18 bits per heavy atom. The van der Waals surface area contributed by atoms with Gasteiger partial charge in [-0.3, -0.25) is 20.9 Å². The number of carbonyl (C=O) groups is 1. The van der Waals surface area contributed by atoms with Crippen LogP contribution in [0, 0.1) is 11.3 Å². The zero-order valence-electron chi connectivity index (χ0n) is 21.3. The minimum absolute atomic E-state index is 0.0253. The molecule has 8 rings (SSSR count). The minimum atomic E-state index is -0.520. The topological polar surface area (TPSA) is 137 Å². The first-order chi connectivity index (χ1) is 18.5. The van der Waals surface area contributed by atoms with Gasteiger partial charge in [-0.2, -0.15) is 5.53 Å². The van der Waals surface area contributed by atoms with Crippen LogP contribution in [0.1, 0.15) is 44.2 Å². The van der Waals surface area contributed by atoms with Crippen LogP contribution in [0.4, 0.5) is 5.69 Å². The van der Waals surface area contributed by atoms with Gasteiger partial charge in [0.15, 0.2) is 0 Å². The summed E-state index contributed by atoms with van der Waals surface area (Å²) in [6, 6.07) is 8.84. The van der Waals surface area contributed by atoms with Crippen molar-refractivity contribution in [2.75, 3.05) is 24.6 Å². The third-order valence-corrected chi connectivity index (χ3v) is 9.27. The van der Waals surface area contributed by atoms with Crippen molar-refractivity contribution in [2.45, 2.75) is 56.2 Å². The maximum atomic E-state index is 13.6. The van der Waals surface area contributed by atoms with Crippen molar-refractivity contribution in [3.8, 4) is 17.1 Å². The molecule has 3 saturated heterocycles. The summed E-state index contributed by atoms with van der Waals surface area (Å²) in [5.41, 5.74) is 7.33. The molecule has 6 heterocycles. The molecule has 1 amide bonds. The number of hydrazine groups is 2. The van der Waals surface area contributed by atoms with Crippen LogP contribution in [-0.4, -0.2) is 63.0 Å². The first kappa shape index (κ1) is 22.4. The third-order valence-electron chi connectivity index (χ3n) is 9.27. The summed E-state index contributed by atoms with van der Waals surface area (Å²) in [6.45, 7) is 4.68. The van der Waals surface area contributed by atoms with Gasteiger partial charge < -0.3 is 14.6 Å². The van der Waals surface area contributed by atoms with E-state index in [1.807, 2.05) is 18.5 Å². The van der Waals surface area contributed by atoms with Crippen LogP contribution in [-0.2, 0) is 10.2 Å². The number of imidazole rings is 1. The number of carbonyl (C=O) groups excluding carboxylic acids is 1. The molecular weight excluding hydrogens is 482 g/mol. The molecule has 1 aliphatic carbocycles. The van der Waals surface area contributed by atoms with Gasteiger partial charge in [-0.15, -0.1) is 0 Å². The molecular formula is C27H31N9O2. The highest BCUT2D eigenvalue weighted by molar-refractivity contribution is 6.09. The Balaban J connectivity index is 1.22. The summed E-state index contributed by atoms with van der Waals surface area (Å²) in [4.78, 5) is 25.7. The van der Waals surface area contributed by atoms with E-state index in [2.05, 4.69) is 39.4 Å². The van der Waals surface area contributed by atoms with Crippen molar-refractivity contribution >= 4 is 28.5 Å². The second kappa shape index (κ2) is 7.75. The number of amides is 1. The highest BCUT2D eigenvalue weighted by Crippen LogP contribution is 2.55. The highest BCUT2D eigenvalue weighted by atomic mass is 16.5. The fourth-order valence-electron chi connectivity index (χ4n) is 6.90. The lowest BCUT2D eigenvalue weighted by atomic mass is 9.77. The summed E-state index contributed by atoms with van der Waals surface area (Å²) in [7, 11) is 0. The number of amidine groups is 1. The minimum Gasteiger partial charge on any atom is -0.473 e. The summed E-state index contributed by atoms with van der Waals surface area (Å²) < 4.78 is 8.73. The molecule has 5 aliphatic rings. The molecule has 38 heavy (non-hydrogen) atoms. The largest absolute Gasteiger partial charge is 0.473 e. The second-order valence-corrected chi connectivity index (χ2v) is 11.4. The molecule has 3 unspecified atom stereocenters. The maximum absolute atomic E-state index is 13.6. The van der Waals surface area contributed by atoms with Crippen molar-refractivity contribution in [3.05, 3.63) is 36.2 Å². The van der Waals surface area contributed by atoms with Crippen LogP contribution in [0.15, 0.2) is 30.6 Å². The zero-order chi connectivity index (χ0) is 25.8. The van der Waals surface area contributed by atoms with Crippen molar-refractivity contribution < 1.29 is 9.53 Å². The maximum Gasteiger partial charge on any atom is 0.254 e.